The van der Waals surface area contributed by atoms with Crippen molar-refractivity contribution in [2.45, 2.75) is 0 Å². The van der Waals surface area contributed by atoms with Gasteiger partial charge in [0.2, 0.25) is 0 Å². The zero-order valence-electron chi connectivity index (χ0n) is 10.1. The molecule has 0 amide bonds. The lowest BCUT2D eigenvalue weighted by atomic mass is 10.0. The molecule has 0 atom stereocenters. The van der Waals surface area contributed by atoms with Crippen LogP contribution < -0.4 is 5.63 Å². The summed E-state index contributed by atoms with van der Waals surface area (Å²) in [6.45, 7) is 0. The first kappa shape index (κ1) is 11.3. The number of fused-ring (bicyclic) bond motifs is 1. The Morgan fingerprint density at radius 3 is 2.42 bits per heavy atom. The molecular weight excluding hydrogens is 236 g/mol. The Morgan fingerprint density at radius 1 is 0.789 bits per heavy atom. The first-order chi connectivity index (χ1) is 9.34. The molecule has 0 N–H and O–H groups in total. The van der Waals surface area contributed by atoms with E-state index >= 15 is 0 Å². The van der Waals surface area contributed by atoms with Gasteiger partial charge >= 0.3 is 5.63 Å². The Bertz CT molecular complexity index is 843. The Hall–Kier alpha value is -2.79. The second kappa shape index (κ2) is 4.83. The molecule has 0 saturated heterocycles. The first-order valence-corrected chi connectivity index (χ1v) is 5.92. The van der Waals surface area contributed by atoms with Crippen molar-refractivity contribution in [2.24, 2.45) is 0 Å². The zero-order valence-corrected chi connectivity index (χ0v) is 10.1. The maximum absolute atomic E-state index is 11.4. The molecule has 0 radical (unpaired) electrons. The first-order valence-electron chi connectivity index (χ1n) is 5.92. The molecule has 0 fully saturated rings. The molecule has 2 aromatic carbocycles. The second-order valence-electron chi connectivity index (χ2n) is 4.09. The molecule has 1 heterocycles. The van der Waals surface area contributed by atoms with Crippen molar-refractivity contribution in [3.63, 3.8) is 0 Å². The highest BCUT2D eigenvalue weighted by atomic mass is 16.4. The summed E-state index contributed by atoms with van der Waals surface area (Å²) in [5.74, 6) is 5.90. The van der Waals surface area contributed by atoms with Gasteiger partial charge in [-0.2, -0.15) is 0 Å². The van der Waals surface area contributed by atoms with Crippen LogP contribution in [0.2, 0.25) is 0 Å². The Balaban J connectivity index is 2.13. The number of hydrogen-bond acceptors (Lipinski definition) is 2. The van der Waals surface area contributed by atoms with E-state index in [0.29, 0.717) is 5.56 Å². The Kier molecular flexibility index (Phi) is 2.88. The normalized spacial score (nSPS) is 9.89. The number of benzene rings is 2. The summed E-state index contributed by atoms with van der Waals surface area (Å²) in [5, 5.41) is 2.22. The van der Waals surface area contributed by atoms with Crippen molar-refractivity contribution < 1.29 is 4.42 Å². The fourth-order valence-corrected chi connectivity index (χ4v) is 1.93. The zero-order chi connectivity index (χ0) is 13.1. The average Bonchev–Trinajstić information content (AvgIpc) is 2.46. The van der Waals surface area contributed by atoms with Crippen molar-refractivity contribution in [3.05, 3.63) is 82.4 Å². The summed E-state index contributed by atoms with van der Waals surface area (Å²) in [7, 11) is 0. The molecule has 0 saturated carbocycles. The third-order valence-electron chi connectivity index (χ3n) is 2.86. The van der Waals surface area contributed by atoms with Gasteiger partial charge in [0.25, 0.3) is 0 Å². The maximum Gasteiger partial charge on any atom is 0.351 e. The van der Waals surface area contributed by atoms with Crippen LogP contribution >= 0.6 is 0 Å². The van der Waals surface area contributed by atoms with Crippen LogP contribution in [0.15, 0.2) is 70.1 Å². The van der Waals surface area contributed by atoms with Crippen LogP contribution in [0.5, 0.6) is 0 Å². The predicted octanol–water partition coefficient (Wildman–Crippen LogP) is 3.19. The van der Waals surface area contributed by atoms with E-state index in [4.69, 9.17) is 4.42 Å². The highest BCUT2D eigenvalue weighted by molar-refractivity contribution is 5.88. The third kappa shape index (κ3) is 2.27. The largest absolute Gasteiger partial charge is 0.430 e. The molecule has 0 bridgehead atoms. The minimum absolute atomic E-state index is 0.371. The smallest absolute Gasteiger partial charge is 0.351 e. The average molecular weight is 246 g/mol. The van der Waals surface area contributed by atoms with Crippen LogP contribution in [-0.4, -0.2) is 0 Å². The molecule has 3 aromatic rings. The summed E-state index contributed by atoms with van der Waals surface area (Å²) >= 11 is 0. The Labute approximate surface area is 110 Å². The molecule has 0 aliphatic heterocycles. The maximum atomic E-state index is 11.4. The van der Waals surface area contributed by atoms with E-state index in [1.54, 1.807) is 12.1 Å². The van der Waals surface area contributed by atoms with Crippen LogP contribution in [0.4, 0.5) is 0 Å². The van der Waals surface area contributed by atoms with Gasteiger partial charge in [-0.15, -0.1) is 0 Å². The van der Waals surface area contributed by atoms with Crippen LogP contribution in [0.25, 0.3) is 10.8 Å². The summed E-state index contributed by atoms with van der Waals surface area (Å²) < 4.78 is 4.78. The van der Waals surface area contributed by atoms with Gasteiger partial charge in [-0.1, -0.05) is 48.2 Å². The standard InChI is InChI=1S/C17H10O2/c18-17-15(8-4-12-19-17)11-10-14-7-3-6-13-5-1-2-9-16(13)14/h1-9,12H. The van der Waals surface area contributed by atoms with Crippen LogP contribution in [-0.2, 0) is 0 Å². The van der Waals surface area contributed by atoms with E-state index in [2.05, 4.69) is 11.8 Å². The fraction of sp³-hybridized carbons (Fsp3) is 0. The molecule has 2 heteroatoms. The van der Waals surface area contributed by atoms with Crippen LogP contribution in [0.1, 0.15) is 11.1 Å². The molecule has 2 nitrogen and oxygen atoms in total. The van der Waals surface area contributed by atoms with E-state index in [1.807, 2.05) is 42.5 Å². The molecule has 0 aliphatic carbocycles. The van der Waals surface area contributed by atoms with Crippen molar-refractivity contribution in [3.8, 4) is 11.8 Å². The van der Waals surface area contributed by atoms with Gasteiger partial charge in [-0.25, -0.2) is 4.79 Å². The van der Waals surface area contributed by atoms with Crippen molar-refractivity contribution >= 4 is 10.8 Å². The Morgan fingerprint density at radius 2 is 1.53 bits per heavy atom. The molecule has 0 spiro atoms. The number of hydrogen-bond donors (Lipinski definition) is 0. The molecule has 0 unspecified atom stereocenters. The molecule has 19 heavy (non-hydrogen) atoms. The lowest BCUT2D eigenvalue weighted by Crippen LogP contribution is -2.01. The lowest BCUT2D eigenvalue weighted by molar-refractivity contribution is 0.508. The SMILES string of the molecule is O=c1occcc1C#Cc1cccc2ccccc12. The molecular formula is C17H10O2. The lowest BCUT2D eigenvalue weighted by Gasteiger charge is -1.99. The van der Waals surface area contributed by atoms with E-state index in [0.717, 1.165) is 16.3 Å². The molecule has 90 valence electrons. The third-order valence-corrected chi connectivity index (χ3v) is 2.86. The monoisotopic (exact) mass is 246 g/mol. The highest BCUT2D eigenvalue weighted by Gasteiger charge is 1.97. The van der Waals surface area contributed by atoms with Crippen LogP contribution in [0, 0.1) is 11.8 Å². The minimum atomic E-state index is -0.407. The van der Waals surface area contributed by atoms with Gasteiger partial charge in [-0.3, -0.25) is 0 Å². The molecule has 1 aromatic heterocycles. The van der Waals surface area contributed by atoms with Gasteiger partial charge in [0.1, 0.15) is 5.56 Å². The van der Waals surface area contributed by atoms with Crippen molar-refractivity contribution in [1.29, 1.82) is 0 Å². The minimum Gasteiger partial charge on any atom is -0.430 e. The van der Waals surface area contributed by atoms with Crippen molar-refractivity contribution in [2.75, 3.05) is 0 Å². The topological polar surface area (TPSA) is 30.2 Å². The highest BCUT2D eigenvalue weighted by Crippen LogP contribution is 2.17. The van der Waals surface area contributed by atoms with Gasteiger partial charge in [-0.05, 0) is 29.0 Å². The fourth-order valence-electron chi connectivity index (χ4n) is 1.93. The van der Waals surface area contributed by atoms with Gasteiger partial charge in [0.15, 0.2) is 0 Å². The van der Waals surface area contributed by atoms with Gasteiger partial charge in [0.05, 0.1) is 6.26 Å². The molecule has 0 aliphatic rings. The quantitative estimate of drug-likeness (QED) is 0.570. The van der Waals surface area contributed by atoms with E-state index < -0.39 is 5.63 Å². The van der Waals surface area contributed by atoms with Gasteiger partial charge in [0, 0.05) is 5.56 Å². The summed E-state index contributed by atoms with van der Waals surface area (Å²) in [6.07, 6.45) is 1.35. The second-order valence-corrected chi connectivity index (χ2v) is 4.09. The van der Waals surface area contributed by atoms with E-state index in [1.165, 1.54) is 6.26 Å². The molecule has 3 rings (SSSR count). The summed E-state index contributed by atoms with van der Waals surface area (Å²) in [4.78, 5) is 11.4. The number of rotatable bonds is 0. The van der Waals surface area contributed by atoms with Crippen LogP contribution in [0.3, 0.4) is 0 Å². The summed E-state index contributed by atoms with van der Waals surface area (Å²) in [5.41, 5.74) is 0.868. The van der Waals surface area contributed by atoms with E-state index in [-0.39, 0.29) is 0 Å². The summed E-state index contributed by atoms with van der Waals surface area (Å²) in [6, 6.07) is 17.3. The predicted molar refractivity (Wildman–Crippen MR) is 74.9 cm³/mol. The van der Waals surface area contributed by atoms with E-state index in [9.17, 15) is 4.79 Å². The van der Waals surface area contributed by atoms with Crippen molar-refractivity contribution in [1.82, 2.24) is 0 Å². The van der Waals surface area contributed by atoms with Gasteiger partial charge < -0.3 is 4.42 Å².